The molecule has 26 heavy (non-hydrogen) atoms. The van der Waals surface area contributed by atoms with E-state index in [0.29, 0.717) is 39.0 Å². The van der Waals surface area contributed by atoms with Crippen LogP contribution in [0.2, 0.25) is 0 Å². The number of aliphatic imine (C=N–C) groups is 1. The SMILES string of the molecule is C1=NCSN=C1S1(c2nn[nH]n2)N=C(c2csnn2)C(c2ncsn2)=N1. The molecule has 1 N–H and O–H groups in total. The van der Waals surface area contributed by atoms with Crippen LogP contribution in [0.4, 0.5) is 0 Å². The van der Waals surface area contributed by atoms with Crippen LogP contribution in [0, 0.1) is 0 Å². The second kappa shape index (κ2) is 6.38. The molecule has 0 spiro atoms. The van der Waals surface area contributed by atoms with E-state index in [1.165, 1.54) is 35.0 Å². The van der Waals surface area contributed by atoms with E-state index in [-0.39, 0.29) is 0 Å². The van der Waals surface area contributed by atoms with Crippen LogP contribution in [0.5, 0.6) is 0 Å². The fraction of sp³-hybridized carbons (Fsp3) is 0.100. The first-order chi connectivity index (χ1) is 12.9. The third-order valence-corrected chi connectivity index (χ3v) is 7.25. The van der Waals surface area contributed by atoms with Crippen LogP contribution in [-0.2, 0) is 0 Å². The zero-order valence-electron chi connectivity index (χ0n) is 12.5. The molecule has 130 valence electrons. The Morgan fingerprint density at radius 1 is 1.12 bits per heavy atom. The van der Waals surface area contributed by atoms with Crippen molar-refractivity contribution in [2.75, 3.05) is 5.88 Å². The van der Waals surface area contributed by atoms with Gasteiger partial charge in [-0.15, -0.1) is 10.2 Å². The molecule has 5 heterocycles. The van der Waals surface area contributed by atoms with E-state index in [0.717, 1.165) is 0 Å². The van der Waals surface area contributed by atoms with Crippen molar-refractivity contribution in [1.82, 2.24) is 39.6 Å². The highest BCUT2D eigenvalue weighted by Gasteiger charge is 2.44. The fourth-order valence-electron chi connectivity index (χ4n) is 2.16. The molecule has 2 aliphatic heterocycles. The number of nitrogens with one attached hydrogen (secondary N) is 1. The summed E-state index contributed by atoms with van der Waals surface area (Å²) < 4.78 is 22.4. The Bertz CT molecular complexity index is 982. The second-order valence-electron chi connectivity index (χ2n) is 4.67. The Hall–Kier alpha value is -2.43. The molecule has 0 aromatic carbocycles. The van der Waals surface area contributed by atoms with Crippen molar-refractivity contribution < 1.29 is 0 Å². The lowest BCUT2D eigenvalue weighted by Gasteiger charge is -2.24. The summed E-state index contributed by atoms with van der Waals surface area (Å²) >= 11 is 3.76. The van der Waals surface area contributed by atoms with E-state index in [9.17, 15) is 0 Å². The molecule has 5 rings (SSSR count). The van der Waals surface area contributed by atoms with Gasteiger partial charge in [-0.1, -0.05) is 9.59 Å². The van der Waals surface area contributed by atoms with E-state index < -0.39 is 10.4 Å². The van der Waals surface area contributed by atoms with Crippen LogP contribution in [-0.4, -0.2) is 68.1 Å². The number of nitrogens with zero attached hydrogens (tertiary/aromatic N) is 11. The van der Waals surface area contributed by atoms with Crippen molar-refractivity contribution in [3.8, 4) is 0 Å². The van der Waals surface area contributed by atoms with E-state index in [1.807, 2.05) is 0 Å². The molecule has 0 aliphatic carbocycles. The molecule has 0 bridgehead atoms. The lowest BCUT2D eigenvalue weighted by atomic mass is 10.2. The molecule has 0 fully saturated rings. The Labute approximate surface area is 159 Å². The number of hydrogen-bond acceptors (Lipinski definition) is 14. The van der Waals surface area contributed by atoms with Crippen LogP contribution >= 0.6 is 45.4 Å². The number of tetrazole rings is 1. The molecule has 2 aliphatic rings. The molecule has 0 amide bonds. The molecule has 1 atom stereocenters. The van der Waals surface area contributed by atoms with Gasteiger partial charge in [0.25, 0.3) is 5.16 Å². The first-order valence-electron chi connectivity index (χ1n) is 6.88. The molecular weight excluding hydrogens is 416 g/mol. The maximum Gasteiger partial charge on any atom is 0.257 e. The molecular formula is C10H6N12S4. The van der Waals surface area contributed by atoms with Gasteiger partial charge in [-0.25, -0.2) is 9.38 Å². The van der Waals surface area contributed by atoms with Crippen molar-refractivity contribution in [1.29, 1.82) is 0 Å². The molecule has 3 aromatic rings. The summed E-state index contributed by atoms with van der Waals surface area (Å²) in [7, 11) is -2.45. The Morgan fingerprint density at radius 2 is 2.08 bits per heavy atom. The van der Waals surface area contributed by atoms with Gasteiger partial charge in [0.1, 0.15) is 28.5 Å². The number of rotatable bonds is 3. The van der Waals surface area contributed by atoms with Gasteiger partial charge >= 0.3 is 0 Å². The largest absolute Gasteiger partial charge is 0.278 e. The van der Waals surface area contributed by atoms with Crippen LogP contribution in [0.25, 0.3) is 0 Å². The summed E-state index contributed by atoms with van der Waals surface area (Å²) in [5.74, 6) is 1.00. The lowest BCUT2D eigenvalue weighted by Crippen LogP contribution is -2.15. The molecule has 16 heteroatoms. The average Bonchev–Trinajstić information content (AvgIpc) is 3.49. The van der Waals surface area contributed by atoms with Crippen molar-refractivity contribution >= 4 is 68.1 Å². The number of aromatic nitrogens is 8. The summed E-state index contributed by atoms with van der Waals surface area (Å²) in [4.78, 5) is 8.55. The van der Waals surface area contributed by atoms with Gasteiger partial charge in [-0.05, 0) is 40.2 Å². The second-order valence-corrected chi connectivity index (χ2v) is 8.83. The van der Waals surface area contributed by atoms with E-state index in [2.05, 4.69) is 49.0 Å². The van der Waals surface area contributed by atoms with Crippen molar-refractivity contribution in [3.05, 3.63) is 22.4 Å². The summed E-state index contributed by atoms with van der Waals surface area (Å²) in [5, 5.41) is 21.2. The first-order valence-corrected chi connectivity index (χ1v) is 11.0. The maximum atomic E-state index is 4.87. The first kappa shape index (κ1) is 15.8. The van der Waals surface area contributed by atoms with Crippen molar-refractivity contribution in [3.63, 3.8) is 0 Å². The summed E-state index contributed by atoms with van der Waals surface area (Å²) in [5.41, 5.74) is 3.25. The number of aromatic amines is 1. The van der Waals surface area contributed by atoms with Gasteiger partial charge in [-0.3, -0.25) is 4.99 Å². The zero-order valence-corrected chi connectivity index (χ0v) is 15.8. The van der Waals surface area contributed by atoms with Gasteiger partial charge in [0, 0.05) is 5.38 Å². The predicted octanol–water partition coefficient (Wildman–Crippen LogP) is 0.977. The van der Waals surface area contributed by atoms with Gasteiger partial charge in [0.15, 0.2) is 10.9 Å². The molecule has 0 saturated heterocycles. The third kappa shape index (κ3) is 2.49. The minimum absolute atomic E-state index is 0.330. The van der Waals surface area contributed by atoms with Crippen molar-refractivity contribution in [2.24, 2.45) is 18.2 Å². The lowest BCUT2D eigenvalue weighted by molar-refractivity contribution is 0.881. The Balaban J connectivity index is 1.77. The average molecular weight is 423 g/mol. The highest BCUT2D eigenvalue weighted by molar-refractivity contribution is 8.45. The van der Waals surface area contributed by atoms with Crippen LogP contribution in [0.15, 0.2) is 34.2 Å². The summed E-state index contributed by atoms with van der Waals surface area (Å²) in [6.45, 7) is 0. The van der Waals surface area contributed by atoms with Crippen molar-refractivity contribution in [2.45, 2.75) is 5.16 Å². The maximum absolute atomic E-state index is 4.87. The smallest absolute Gasteiger partial charge is 0.257 e. The van der Waals surface area contributed by atoms with Crippen LogP contribution in [0.1, 0.15) is 11.5 Å². The van der Waals surface area contributed by atoms with Gasteiger partial charge in [0.05, 0.1) is 16.6 Å². The topological polar surface area (TPSA) is 155 Å². The minimum Gasteiger partial charge on any atom is -0.278 e. The van der Waals surface area contributed by atoms with E-state index >= 15 is 0 Å². The number of H-pyrrole nitrogens is 1. The highest BCUT2D eigenvalue weighted by atomic mass is 32.3. The Kier molecular flexibility index (Phi) is 3.88. The fourth-order valence-corrected chi connectivity index (χ4v) is 5.98. The quantitative estimate of drug-likeness (QED) is 0.612. The normalized spacial score (nSPS) is 24.7. The van der Waals surface area contributed by atoms with Crippen LogP contribution in [0.3, 0.4) is 0 Å². The molecule has 12 nitrogen and oxygen atoms in total. The highest BCUT2D eigenvalue weighted by Crippen LogP contribution is 2.61. The van der Waals surface area contributed by atoms with E-state index in [4.69, 9.17) is 8.80 Å². The predicted molar refractivity (Wildman–Crippen MR) is 101 cm³/mol. The molecule has 0 radical (unpaired) electrons. The standard InChI is InChI=1S/C10H6N12S4/c1-6(16-24-3-11-1)26(10-14-20-21-15-10)18-7(5-2-23-22-13-5)8(19-26)9-12-4-25-17-9/h1-2,4H,3H2,(H,14,15,20,21). The van der Waals surface area contributed by atoms with Gasteiger partial charge < -0.3 is 0 Å². The Morgan fingerprint density at radius 3 is 2.77 bits per heavy atom. The monoisotopic (exact) mass is 422 g/mol. The van der Waals surface area contributed by atoms with Gasteiger partial charge in [-0.2, -0.15) is 18.4 Å². The third-order valence-electron chi connectivity index (χ3n) is 3.21. The zero-order chi connectivity index (χ0) is 17.4. The number of hydrogen-bond donors (Lipinski definition) is 1. The summed E-state index contributed by atoms with van der Waals surface area (Å²) in [6, 6.07) is 0. The summed E-state index contributed by atoms with van der Waals surface area (Å²) in [6.07, 6.45) is 1.66. The molecule has 1 unspecified atom stereocenters. The van der Waals surface area contributed by atoms with E-state index in [1.54, 1.807) is 17.1 Å². The molecule has 3 aromatic heterocycles. The molecule has 0 saturated carbocycles. The van der Waals surface area contributed by atoms with Gasteiger partial charge in [0.2, 0.25) is 0 Å². The minimum atomic E-state index is -2.45. The van der Waals surface area contributed by atoms with Crippen LogP contribution < -0.4 is 0 Å².